The molecule has 26 heavy (non-hydrogen) atoms. The van der Waals surface area contributed by atoms with E-state index in [2.05, 4.69) is 11.4 Å². The Labute approximate surface area is 152 Å². The van der Waals surface area contributed by atoms with Crippen LogP contribution in [0.3, 0.4) is 0 Å². The van der Waals surface area contributed by atoms with Crippen molar-refractivity contribution in [1.82, 2.24) is 4.90 Å². The Hall–Kier alpha value is -3.04. The zero-order chi connectivity index (χ0) is 18.5. The molecule has 1 amide bonds. The molecule has 0 fully saturated rings. The Balaban J connectivity index is 1.62. The molecule has 6 heteroatoms. The van der Waals surface area contributed by atoms with Crippen LogP contribution in [-0.4, -0.2) is 37.1 Å². The molecular formula is C20H21N3O3. The maximum atomic E-state index is 12.5. The number of likely N-dealkylation sites (N-methyl/N-ethyl adjacent to an activating group) is 1. The van der Waals surface area contributed by atoms with E-state index in [1.165, 1.54) is 0 Å². The molecule has 0 bridgehead atoms. The molecule has 1 heterocycles. The fourth-order valence-electron chi connectivity index (χ4n) is 2.72. The van der Waals surface area contributed by atoms with Crippen LogP contribution < -0.4 is 14.8 Å². The Morgan fingerprint density at radius 1 is 1.23 bits per heavy atom. The maximum absolute atomic E-state index is 12.5. The summed E-state index contributed by atoms with van der Waals surface area (Å²) in [6, 6.07) is 14.4. The van der Waals surface area contributed by atoms with Gasteiger partial charge in [0.15, 0.2) is 11.5 Å². The third kappa shape index (κ3) is 4.13. The van der Waals surface area contributed by atoms with Gasteiger partial charge in [-0.05, 0) is 49.9 Å². The smallest absolute Gasteiger partial charge is 0.241 e. The van der Waals surface area contributed by atoms with E-state index < -0.39 is 0 Å². The van der Waals surface area contributed by atoms with Crippen LogP contribution in [0.25, 0.3) is 0 Å². The minimum atomic E-state index is -0.339. The summed E-state index contributed by atoms with van der Waals surface area (Å²) in [4.78, 5) is 14.4. The van der Waals surface area contributed by atoms with Crippen LogP contribution in [0.4, 0.5) is 5.69 Å². The van der Waals surface area contributed by atoms with Crippen LogP contribution in [0, 0.1) is 11.3 Å². The number of ether oxygens (including phenoxy) is 2. The van der Waals surface area contributed by atoms with Crippen LogP contribution in [0.1, 0.15) is 18.1 Å². The monoisotopic (exact) mass is 351 g/mol. The molecule has 2 aromatic carbocycles. The van der Waals surface area contributed by atoms with Gasteiger partial charge in [0.1, 0.15) is 13.2 Å². The molecule has 2 aromatic rings. The summed E-state index contributed by atoms with van der Waals surface area (Å²) in [5.41, 5.74) is 2.18. The number of carbonyl (C=O) groups excluding carboxylic acids is 1. The van der Waals surface area contributed by atoms with Crippen molar-refractivity contribution in [2.45, 2.75) is 19.5 Å². The van der Waals surface area contributed by atoms with Gasteiger partial charge in [0.25, 0.3) is 0 Å². The molecule has 134 valence electrons. The van der Waals surface area contributed by atoms with Crippen LogP contribution >= 0.6 is 0 Å². The van der Waals surface area contributed by atoms with E-state index in [1.54, 1.807) is 24.3 Å². The average molecular weight is 351 g/mol. The first-order valence-electron chi connectivity index (χ1n) is 8.46. The molecule has 0 unspecified atom stereocenters. The standard InChI is InChI=1S/C20H21N3O3/c1-14(20(24)22-17-5-3-4-15(10-17)12-21)23(2)13-16-6-7-18-19(11-16)26-9-8-25-18/h3-7,10-11,14H,8-9,13H2,1-2H3,(H,22,24)/t14-/m0/s1. The minimum Gasteiger partial charge on any atom is -0.486 e. The second kappa shape index (κ2) is 7.89. The second-order valence-electron chi connectivity index (χ2n) is 6.25. The van der Waals surface area contributed by atoms with Gasteiger partial charge >= 0.3 is 0 Å². The highest BCUT2D eigenvalue weighted by Gasteiger charge is 2.19. The number of carbonyl (C=O) groups is 1. The molecule has 1 aliphatic heterocycles. The van der Waals surface area contributed by atoms with Gasteiger partial charge in [-0.25, -0.2) is 0 Å². The minimum absolute atomic E-state index is 0.125. The first kappa shape index (κ1) is 17.8. The SMILES string of the molecule is C[C@@H](C(=O)Nc1cccc(C#N)c1)N(C)Cc1ccc2c(c1)OCCO2. The number of nitrogens with one attached hydrogen (secondary N) is 1. The lowest BCUT2D eigenvalue weighted by Crippen LogP contribution is -2.39. The number of anilines is 1. The number of nitrogens with zero attached hydrogens (tertiary/aromatic N) is 2. The van der Waals surface area contributed by atoms with E-state index in [0.29, 0.717) is 31.0 Å². The fourth-order valence-corrected chi connectivity index (χ4v) is 2.72. The predicted molar refractivity (Wildman–Crippen MR) is 98.1 cm³/mol. The summed E-state index contributed by atoms with van der Waals surface area (Å²) in [7, 11) is 1.90. The summed E-state index contributed by atoms with van der Waals surface area (Å²) in [5, 5.41) is 11.8. The molecule has 1 N–H and O–H groups in total. The van der Waals surface area contributed by atoms with Crippen molar-refractivity contribution in [3.8, 4) is 17.6 Å². The quantitative estimate of drug-likeness (QED) is 0.896. The predicted octanol–water partition coefficient (Wildman–Crippen LogP) is 2.79. The number of benzene rings is 2. The van der Waals surface area contributed by atoms with Crippen molar-refractivity contribution in [1.29, 1.82) is 5.26 Å². The summed E-state index contributed by atoms with van der Waals surface area (Å²) < 4.78 is 11.1. The Kier molecular flexibility index (Phi) is 5.40. The number of fused-ring (bicyclic) bond motifs is 1. The van der Waals surface area contributed by atoms with Crippen molar-refractivity contribution >= 4 is 11.6 Å². The van der Waals surface area contributed by atoms with Gasteiger partial charge in [-0.15, -0.1) is 0 Å². The molecular weight excluding hydrogens is 330 g/mol. The zero-order valence-electron chi connectivity index (χ0n) is 14.9. The lowest BCUT2D eigenvalue weighted by atomic mass is 10.1. The number of hydrogen-bond donors (Lipinski definition) is 1. The lowest BCUT2D eigenvalue weighted by Gasteiger charge is -2.25. The van der Waals surface area contributed by atoms with Crippen molar-refractivity contribution in [2.24, 2.45) is 0 Å². The summed E-state index contributed by atoms with van der Waals surface area (Å²) >= 11 is 0. The second-order valence-corrected chi connectivity index (χ2v) is 6.25. The summed E-state index contributed by atoms with van der Waals surface area (Å²) in [6.45, 7) is 3.56. The van der Waals surface area contributed by atoms with Gasteiger partial charge in [-0.2, -0.15) is 5.26 Å². The van der Waals surface area contributed by atoms with Crippen LogP contribution in [0.5, 0.6) is 11.5 Å². The Morgan fingerprint density at radius 2 is 2.00 bits per heavy atom. The normalized spacial score (nSPS) is 13.8. The van der Waals surface area contributed by atoms with E-state index in [0.717, 1.165) is 17.1 Å². The van der Waals surface area contributed by atoms with E-state index in [-0.39, 0.29) is 11.9 Å². The molecule has 3 rings (SSSR count). The molecule has 0 radical (unpaired) electrons. The zero-order valence-corrected chi connectivity index (χ0v) is 14.9. The van der Waals surface area contributed by atoms with E-state index in [4.69, 9.17) is 14.7 Å². The van der Waals surface area contributed by atoms with Crippen molar-refractivity contribution in [3.05, 3.63) is 53.6 Å². The fraction of sp³-hybridized carbons (Fsp3) is 0.300. The molecule has 0 aromatic heterocycles. The number of rotatable bonds is 5. The number of nitriles is 1. The van der Waals surface area contributed by atoms with Crippen molar-refractivity contribution < 1.29 is 14.3 Å². The number of hydrogen-bond acceptors (Lipinski definition) is 5. The van der Waals surface area contributed by atoms with Gasteiger partial charge in [0, 0.05) is 12.2 Å². The van der Waals surface area contributed by atoms with Crippen LogP contribution in [0.15, 0.2) is 42.5 Å². The van der Waals surface area contributed by atoms with Gasteiger partial charge in [-0.3, -0.25) is 9.69 Å². The van der Waals surface area contributed by atoms with Crippen LogP contribution in [-0.2, 0) is 11.3 Å². The molecule has 0 aliphatic carbocycles. The Morgan fingerprint density at radius 3 is 2.77 bits per heavy atom. The van der Waals surface area contributed by atoms with Crippen LogP contribution in [0.2, 0.25) is 0 Å². The maximum Gasteiger partial charge on any atom is 0.241 e. The van der Waals surface area contributed by atoms with E-state index >= 15 is 0 Å². The molecule has 0 saturated heterocycles. The van der Waals surface area contributed by atoms with Gasteiger partial charge < -0.3 is 14.8 Å². The molecule has 6 nitrogen and oxygen atoms in total. The molecule has 0 saturated carbocycles. The van der Waals surface area contributed by atoms with Gasteiger partial charge in [0.2, 0.25) is 5.91 Å². The van der Waals surface area contributed by atoms with Gasteiger partial charge in [-0.1, -0.05) is 12.1 Å². The molecule has 0 spiro atoms. The topological polar surface area (TPSA) is 74.6 Å². The average Bonchev–Trinajstić information content (AvgIpc) is 2.67. The third-order valence-corrected chi connectivity index (χ3v) is 4.34. The Bertz CT molecular complexity index is 844. The highest BCUT2D eigenvalue weighted by molar-refractivity contribution is 5.94. The molecule has 1 aliphatic rings. The van der Waals surface area contributed by atoms with Gasteiger partial charge in [0.05, 0.1) is 17.7 Å². The van der Waals surface area contributed by atoms with Crippen molar-refractivity contribution in [2.75, 3.05) is 25.6 Å². The number of amides is 1. The third-order valence-electron chi connectivity index (χ3n) is 4.34. The summed E-state index contributed by atoms with van der Waals surface area (Å²) in [6.07, 6.45) is 0. The first-order chi connectivity index (χ1) is 12.6. The molecule has 1 atom stereocenters. The lowest BCUT2D eigenvalue weighted by molar-refractivity contribution is -0.120. The van der Waals surface area contributed by atoms with E-state index in [9.17, 15) is 4.79 Å². The van der Waals surface area contributed by atoms with Crippen molar-refractivity contribution in [3.63, 3.8) is 0 Å². The highest BCUT2D eigenvalue weighted by Crippen LogP contribution is 2.31. The highest BCUT2D eigenvalue weighted by atomic mass is 16.6. The largest absolute Gasteiger partial charge is 0.486 e. The van der Waals surface area contributed by atoms with E-state index in [1.807, 2.05) is 37.1 Å². The summed E-state index contributed by atoms with van der Waals surface area (Å²) in [5.74, 6) is 1.37. The first-order valence-corrected chi connectivity index (χ1v) is 8.46.